The first-order chi connectivity index (χ1) is 10.1. The van der Waals surface area contributed by atoms with Crippen LogP contribution in [0.4, 0.5) is 4.39 Å². The van der Waals surface area contributed by atoms with Crippen molar-refractivity contribution < 1.29 is 4.39 Å². The van der Waals surface area contributed by atoms with E-state index in [-0.39, 0.29) is 5.82 Å². The van der Waals surface area contributed by atoms with Gasteiger partial charge in [0, 0.05) is 16.8 Å². The highest BCUT2D eigenvalue weighted by atomic mass is 79.9. The molecule has 0 spiro atoms. The maximum absolute atomic E-state index is 14.3. The molecule has 3 aromatic rings. The Hall–Kier alpha value is -1.10. The van der Waals surface area contributed by atoms with Gasteiger partial charge in [0.1, 0.15) is 17.2 Å². The molecule has 1 aromatic heterocycles. The van der Waals surface area contributed by atoms with Crippen LogP contribution in [-0.2, 0) is 6.42 Å². The molecule has 21 heavy (non-hydrogen) atoms. The molecule has 2 aromatic carbocycles. The molecule has 2 nitrogen and oxygen atoms in total. The van der Waals surface area contributed by atoms with Crippen LogP contribution in [0.3, 0.4) is 0 Å². The average molecular weight is 388 g/mol. The van der Waals surface area contributed by atoms with E-state index in [4.69, 9.17) is 23.2 Å². The van der Waals surface area contributed by atoms with Crippen LogP contribution in [-0.4, -0.2) is 15.4 Å². The van der Waals surface area contributed by atoms with Gasteiger partial charge in [-0.05, 0) is 30.3 Å². The van der Waals surface area contributed by atoms with Crippen molar-refractivity contribution in [1.29, 1.82) is 0 Å². The van der Waals surface area contributed by atoms with Crippen molar-refractivity contribution in [1.82, 2.24) is 9.55 Å². The van der Waals surface area contributed by atoms with Crippen molar-refractivity contribution >= 4 is 50.2 Å². The molecule has 0 amide bonds. The fourth-order valence-corrected chi connectivity index (χ4v) is 3.01. The molecule has 0 radical (unpaired) electrons. The van der Waals surface area contributed by atoms with Gasteiger partial charge in [0.05, 0.1) is 16.2 Å². The molecule has 0 unspecified atom stereocenters. The minimum absolute atomic E-state index is 0.334. The Labute approximate surface area is 139 Å². The van der Waals surface area contributed by atoms with Crippen LogP contribution in [0.25, 0.3) is 16.7 Å². The Morgan fingerprint density at radius 3 is 2.76 bits per heavy atom. The summed E-state index contributed by atoms with van der Waals surface area (Å²) in [4.78, 5) is 4.51. The zero-order valence-electron chi connectivity index (χ0n) is 10.8. The van der Waals surface area contributed by atoms with Crippen LogP contribution in [0.15, 0.2) is 40.9 Å². The molecule has 0 aliphatic carbocycles. The second-order valence-corrected chi connectivity index (χ2v) is 6.21. The van der Waals surface area contributed by atoms with E-state index in [1.54, 1.807) is 22.8 Å². The Morgan fingerprint density at radius 1 is 1.24 bits per heavy atom. The van der Waals surface area contributed by atoms with Gasteiger partial charge in [-0.15, -0.1) is 11.6 Å². The van der Waals surface area contributed by atoms with Gasteiger partial charge >= 0.3 is 0 Å². The van der Waals surface area contributed by atoms with Crippen LogP contribution in [0, 0.1) is 5.82 Å². The number of aromatic nitrogens is 2. The topological polar surface area (TPSA) is 17.8 Å². The van der Waals surface area contributed by atoms with E-state index >= 15 is 0 Å². The van der Waals surface area contributed by atoms with Gasteiger partial charge in [0.25, 0.3) is 0 Å². The third-order valence-electron chi connectivity index (χ3n) is 3.17. The maximum Gasteiger partial charge on any atom is 0.148 e. The van der Waals surface area contributed by atoms with Gasteiger partial charge in [-0.1, -0.05) is 33.6 Å². The summed E-state index contributed by atoms with van der Waals surface area (Å²) in [6, 6.07) is 10.4. The monoisotopic (exact) mass is 386 g/mol. The number of fused-ring (bicyclic) bond motifs is 1. The fraction of sp³-hybridized carbons (Fsp3) is 0.133. The van der Waals surface area contributed by atoms with Crippen molar-refractivity contribution in [3.05, 3.63) is 57.5 Å². The third kappa shape index (κ3) is 2.68. The Morgan fingerprint density at radius 2 is 2.05 bits per heavy atom. The zero-order valence-corrected chi connectivity index (χ0v) is 13.9. The summed E-state index contributed by atoms with van der Waals surface area (Å²) in [5.74, 6) is 0.757. The van der Waals surface area contributed by atoms with Crippen molar-refractivity contribution in [2.45, 2.75) is 6.42 Å². The first-order valence-electron chi connectivity index (χ1n) is 6.29. The molecule has 0 N–H and O–H groups in total. The molecular weight excluding hydrogens is 378 g/mol. The average Bonchev–Trinajstić information content (AvgIpc) is 2.79. The van der Waals surface area contributed by atoms with Crippen molar-refractivity contribution in [2.24, 2.45) is 0 Å². The van der Waals surface area contributed by atoms with Gasteiger partial charge in [-0.3, -0.25) is 4.57 Å². The molecule has 0 aliphatic rings. The molecule has 0 saturated carbocycles. The van der Waals surface area contributed by atoms with Gasteiger partial charge in [-0.25, -0.2) is 9.37 Å². The molecule has 6 heteroatoms. The van der Waals surface area contributed by atoms with E-state index in [1.165, 1.54) is 6.07 Å². The van der Waals surface area contributed by atoms with E-state index in [2.05, 4.69) is 20.9 Å². The third-order valence-corrected chi connectivity index (χ3v) is 4.16. The number of rotatable bonds is 3. The summed E-state index contributed by atoms with van der Waals surface area (Å²) in [6.45, 7) is 0. The standard InChI is InChI=1S/C15H10BrCl2FN2/c16-9-4-5-12(11(19)8-9)21-13-3-1-2-10(18)15(13)20-14(21)6-7-17/h1-5,8H,6-7H2. The molecule has 0 atom stereocenters. The van der Waals surface area contributed by atoms with E-state index < -0.39 is 0 Å². The number of hydrogen-bond acceptors (Lipinski definition) is 1. The molecule has 0 bridgehead atoms. The Balaban J connectivity index is 2.33. The predicted molar refractivity (Wildman–Crippen MR) is 88.2 cm³/mol. The summed E-state index contributed by atoms with van der Waals surface area (Å²) >= 11 is 15.3. The molecular formula is C15H10BrCl2FN2. The lowest BCUT2D eigenvalue weighted by molar-refractivity contribution is 0.616. The number of aryl methyl sites for hydroxylation is 1. The van der Waals surface area contributed by atoms with E-state index in [0.717, 1.165) is 5.52 Å². The minimum atomic E-state index is -0.334. The molecule has 108 valence electrons. The normalized spacial score (nSPS) is 11.2. The predicted octanol–water partition coefficient (Wildman–Crippen LogP) is 5.36. The highest BCUT2D eigenvalue weighted by Gasteiger charge is 2.16. The Kier molecular flexibility index (Phi) is 4.20. The largest absolute Gasteiger partial charge is 0.293 e. The summed E-state index contributed by atoms with van der Waals surface area (Å²) in [6.07, 6.45) is 0.530. The highest BCUT2D eigenvalue weighted by Crippen LogP contribution is 2.29. The number of nitrogens with zero attached hydrogens (tertiary/aromatic N) is 2. The fourth-order valence-electron chi connectivity index (χ4n) is 2.30. The van der Waals surface area contributed by atoms with Crippen molar-refractivity contribution in [3.63, 3.8) is 0 Å². The summed E-state index contributed by atoms with van der Waals surface area (Å²) in [7, 11) is 0. The number of para-hydroxylation sites is 1. The van der Waals surface area contributed by atoms with Crippen molar-refractivity contribution in [3.8, 4) is 5.69 Å². The lowest BCUT2D eigenvalue weighted by Crippen LogP contribution is -2.04. The highest BCUT2D eigenvalue weighted by molar-refractivity contribution is 9.10. The molecule has 0 aliphatic heterocycles. The summed E-state index contributed by atoms with van der Waals surface area (Å²) in [5, 5.41) is 0.541. The number of benzene rings is 2. The second-order valence-electron chi connectivity index (χ2n) is 4.51. The molecule has 0 fully saturated rings. The number of halogens is 4. The summed E-state index contributed by atoms with van der Waals surface area (Å²) < 4.78 is 16.8. The van der Waals surface area contributed by atoms with Gasteiger partial charge < -0.3 is 0 Å². The van der Waals surface area contributed by atoms with Crippen LogP contribution in [0.2, 0.25) is 5.02 Å². The van der Waals surface area contributed by atoms with Crippen LogP contribution < -0.4 is 0 Å². The molecule has 0 saturated heterocycles. The first kappa shape index (κ1) is 14.8. The molecule has 3 rings (SSSR count). The van der Waals surface area contributed by atoms with Crippen LogP contribution in [0.1, 0.15) is 5.82 Å². The van der Waals surface area contributed by atoms with Crippen LogP contribution >= 0.6 is 39.1 Å². The molecule has 1 heterocycles. The first-order valence-corrected chi connectivity index (χ1v) is 7.99. The van der Waals surface area contributed by atoms with E-state index in [9.17, 15) is 4.39 Å². The quantitative estimate of drug-likeness (QED) is 0.553. The second kappa shape index (κ2) is 5.95. The maximum atomic E-state index is 14.3. The van der Waals surface area contributed by atoms with Gasteiger partial charge in [0.15, 0.2) is 0 Å². The SMILES string of the molecule is Fc1cc(Br)ccc1-n1c(CCCl)nc2c(Cl)cccc21. The van der Waals surface area contributed by atoms with Crippen LogP contribution in [0.5, 0.6) is 0 Å². The summed E-state index contributed by atoms with van der Waals surface area (Å²) in [5.41, 5.74) is 1.86. The number of alkyl halides is 1. The smallest absolute Gasteiger partial charge is 0.148 e. The lowest BCUT2D eigenvalue weighted by Gasteiger charge is -2.10. The number of hydrogen-bond donors (Lipinski definition) is 0. The van der Waals surface area contributed by atoms with Gasteiger partial charge in [-0.2, -0.15) is 0 Å². The zero-order chi connectivity index (χ0) is 15.0. The Bertz CT molecular complexity index is 817. The van der Waals surface area contributed by atoms with E-state index in [1.807, 2.05) is 12.1 Å². The van der Waals surface area contributed by atoms with E-state index in [0.29, 0.717) is 38.8 Å². The minimum Gasteiger partial charge on any atom is -0.293 e. The van der Waals surface area contributed by atoms with Gasteiger partial charge in [0.2, 0.25) is 0 Å². The number of imidazole rings is 1. The lowest BCUT2D eigenvalue weighted by atomic mass is 10.2. The van der Waals surface area contributed by atoms with Crippen molar-refractivity contribution in [2.75, 3.05) is 5.88 Å².